The van der Waals surface area contributed by atoms with Crippen LogP contribution in [0.4, 0.5) is 0 Å². The van der Waals surface area contributed by atoms with Crippen molar-refractivity contribution in [3.8, 4) is 0 Å². The summed E-state index contributed by atoms with van der Waals surface area (Å²) >= 11 is 0. The summed E-state index contributed by atoms with van der Waals surface area (Å²) in [7, 11) is 0. The zero-order chi connectivity index (χ0) is 17.9. The molecule has 0 bridgehead atoms. The van der Waals surface area contributed by atoms with E-state index in [0.717, 1.165) is 51.0 Å². The highest BCUT2D eigenvalue weighted by Crippen LogP contribution is 2.30. The molecule has 4 nitrogen and oxygen atoms in total. The first-order valence-electron chi connectivity index (χ1n) is 10.0. The Hall–Kier alpha value is -2.10. The number of hydrogen-bond acceptors (Lipinski definition) is 2. The topological polar surface area (TPSA) is 38.1 Å². The molecule has 4 heteroatoms. The van der Waals surface area contributed by atoms with Crippen molar-refractivity contribution in [1.29, 1.82) is 0 Å². The second kappa shape index (κ2) is 7.65. The van der Waals surface area contributed by atoms with E-state index in [0.29, 0.717) is 24.3 Å². The molecule has 1 fully saturated rings. The van der Waals surface area contributed by atoms with Gasteiger partial charge in [-0.15, -0.1) is 0 Å². The molecule has 138 valence electrons. The maximum atomic E-state index is 13.1. The minimum Gasteiger partial charge on any atom is -0.340 e. The lowest BCUT2D eigenvalue weighted by Gasteiger charge is -2.36. The van der Waals surface area contributed by atoms with Gasteiger partial charge >= 0.3 is 0 Å². The first-order chi connectivity index (χ1) is 12.7. The van der Waals surface area contributed by atoms with Crippen molar-refractivity contribution in [1.82, 2.24) is 14.5 Å². The van der Waals surface area contributed by atoms with Gasteiger partial charge in [-0.05, 0) is 62.5 Å². The summed E-state index contributed by atoms with van der Waals surface area (Å²) in [6, 6.07) is 9.05. The van der Waals surface area contributed by atoms with Gasteiger partial charge < -0.3 is 9.47 Å². The molecule has 26 heavy (non-hydrogen) atoms. The van der Waals surface area contributed by atoms with Crippen molar-refractivity contribution < 1.29 is 4.79 Å². The van der Waals surface area contributed by atoms with Crippen molar-refractivity contribution in [2.24, 2.45) is 5.92 Å². The van der Waals surface area contributed by atoms with Gasteiger partial charge in [0, 0.05) is 37.9 Å². The van der Waals surface area contributed by atoms with Gasteiger partial charge in [-0.3, -0.25) is 4.79 Å². The van der Waals surface area contributed by atoms with Gasteiger partial charge in [-0.2, -0.15) is 0 Å². The van der Waals surface area contributed by atoms with Crippen LogP contribution in [-0.2, 0) is 24.2 Å². The van der Waals surface area contributed by atoms with Crippen LogP contribution in [-0.4, -0.2) is 32.9 Å². The van der Waals surface area contributed by atoms with E-state index in [1.165, 1.54) is 17.5 Å². The number of hydrogen-bond donors (Lipinski definition) is 0. The summed E-state index contributed by atoms with van der Waals surface area (Å²) < 4.78 is 2.20. The third-order valence-electron chi connectivity index (χ3n) is 6.17. The summed E-state index contributed by atoms with van der Waals surface area (Å²) in [5.41, 5.74) is 2.88. The monoisotopic (exact) mass is 351 g/mol. The molecule has 2 aliphatic rings. The number of carbonyl (C=O) groups is 1. The van der Waals surface area contributed by atoms with Crippen molar-refractivity contribution >= 4 is 5.91 Å². The highest BCUT2D eigenvalue weighted by Gasteiger charge is 2.30. The highest BCUT2D eigenvalue weighted by molar-refractivity contribution is 5.77. The maximum Gasteiger partial charge on any atom is 0.223 e. The molecule has 1 saturated heterocycles. The SMILES string of the molecule is Cc1nccn1CCC1CCCCN1C(=O)CC1Cc2ccccc2C1. The van der Waals surface area contributed by atoms with E-state index in [1.54, 1.807) is 0 Å². The van der Waals surface area contributed by atoms with Crippen molar-refractivity contribution in [3.05, 3.63) is 53.6 Å². The number of carbonyl (C=O) groups excluding carboxylic acids is 1. The molecule has 1 aromatic carbocycles. The number of imidazole rings is 1. The molecule has 1 unspecified atom stereocenters. The maximum absolute atomic E-state index is 13.1. The number of fused-ring (bicyclic) bond motifs is 1. The molecule has 1 atom stereocenters. The molecule has 1 aliphatic carbocycles. The van der Waals surface area contributed by atoms with Gasteiger partial charge in [0.05, 0.1) is 0 Å². The van der Waals surface area contributed by atoms with Crippen LogP contribution < -0.4 is 0 Å². The normalized spacial score (nSPS) is 20.3. The molecular weight excluding hydrogens is 322 g/mol. The minimum absolute atomic E-state index is 0.370. The van der Waals surface area contributed by atoms with Crippen LogP contribution in [0, 0.1) is 12.8 Å². The Morgan fingerprint density at radius 1 is 1.19 bits per heavy atom. The third-order valence-corrected chi connectivity index (χ3v) is 6.17. The number of benzene rings is 1. The van der Waals surface area contributed by atoms with Crippen LogP contribution in [0.3, 0.4) is 0 Å². The summed E-state index contributed by atoms with van der Waals surface area (Å²) in [6.07, 6.45) is 11.3. The predicted molar refractivity (Wildman–Crippen MR) is 103 cm³/mol. The lowest BCUT2D eigenvalue weighted by atomic mass is 9.96. The summed E-state index contributed by atoms with van der Waals surface area (Å²) in [5.74, 6) is 1.91. The molecule has 0 N–H and O–H groups in total. The van der Waals surface area contributed by atoms with Gasteiger partial charge in [0.2, 0.25) is 5.91 Å². The number of aryl methyl sites for hydroxylation is 2. The molecule has 0 spiro atoms. The quantitative estimate of drug-likeness (QED) is 0.822. The standard InChI is InChI=1S/C22H29N3O/c1-17-23-10-13-24(17)12-9-21-8-4-5-11-25(21)22(26)16-18-14-19-6-2-3-7-20(19)15-18/h2-3,6-7,10,13,18,21H,4-5,8-9,11-12,14-16H2,1H3. The second-order valence-electron chi connectivity index (χ2n) is 7.94. The smallest absolute Gasteiger partial charge is 0.223 e. The molecule has 0 saturated carbocycles. The molecule has 2 aromatic rings. The van der Waals surface area contributed by atoms with E-state index >= 15 is 0 Å². The average Bonchev–Trinajstić information content (AvgIpc) is 3.25. The summed E-state index contributed by atoms with van der Waals surface area (Å²) in [5, 5.41) is 0. The van der Waals surface area contributed by atoms with Gasteiger partial charge in [0.15, 0.2) is 0 Å². The van der Waals surface area contributed by atoms with Crippen LogP contribution >= 0.6 is 0 Å². The first kappa shape index (κ1) is 17.3. The molecule has 1 amide bonds. The zero-order valence-corrected chi connectivity index (χ0v) is 15.7. The van der Waals surface area contributed by atoms with Crippen molar-refractivity contribution in [2.45, 2.75) is 64.5 Å². The first-order valence-corrected chi connectivity index (χ1v) is 10.0. The fourth-order valence-corrected chi connectivity index (χ4v) is 4.72. The summed E-state index contributed by atoms with van der Waals surface area (Å²) in [6.45, 7) is 3.93. The molecule has 0 radical (unpaired) electrons. The van der Waals surface area contributed by atoms with E-state index in [1.807, 2.05) is 19.3 Å². The lowest BCUT2D eigenvalue weighted by molar-refractivity contribution is -0.136. The van der Waals surface area contributed by atoms with Crippen LogP contribution in [0.2, 0.25) is 0 Å². The predicted octanol–water partition coefficient (Wildman–Crippen LogP) is 3.77. The van der Waals surface area contributed by atoms with Crippen LogP contribution in [0.5, 0.6) is 0 Å². The molecule has 2 heterocycles. The van der Waals surface area contributed by atoms with Gasteiger partial charge in [-0.25, -0.2) is 4.98 Å². The largest absolute Gasteiger partial charge is 0.340 e. The zero-order valence-electron chi connectivity index (χ0n) is 15.7. The Bertz CT molecular complexity index is 741. The number of amides is 1. The van der Waals surface area contributed by atoms with Crippen LogP contribution in [0.25, 0.3) is 0 Å². The number of rotatable bonds is 5. The average molecular weight is 351 g/mol. The Labute approximate surface area is 156 Å². The van der Waals surface area contributed by atoms with Gasteiger partial charge in [0.25, 0.3) is 0 Å². The van der Waals surface area contributed by atoms with Crippen molar-refractivity contribution in [2.75, 3.05) is 6.54 Å². The van der Waals surface area contributed by atoms with E-state index < -0.39 is 0 Å². The van der Waals surface area contributed by atoms with E-state index in [2.05, 4.69) is 38.7 Å². The molecule has 1 aliphatic heterocycles. The van der Waals surface area contributed by atoms with E-state index in [9.17, 15) is 4.79 Å². The molecular formula is C22H29N3O. The number of likely N-dealkylation sites (tertiary alicyclic amines) is 1. The third kappa shape index (κ3) is 3.69. The number of aromatic nitrogens is 2. The fraction of sp³-hybridized carbons (Fsp3) is 0.545. The fourth-order valence-electron chi connectivity index (χ4n) is 4.72. The number of piperidine rings is 1. The van der Waals surface area contributed by atoms with E-state index in [4.69, 9.17) is 0 Å². The van der Waals surface area contributed by atoms with Crippen LogP contribution in [0.1, 0.15) is 49.1 Å². The van der Waals surface area contributed by atoms with Gasteiger partial charge in [0.1, 0.15) is 5.82 Å². The molecule has 4 rings (SSSR count). The van der Waals surface area contributed by atoms with Gasteiger partial charge in [-0.1, -0.05) is 24.3 Å². The van der Waals surface area contributed by atoms with Crippen molar-refractivity contribution in [3.63, 3.8) is 0 Å². The van der Waals surface area contributed by atoms with Crippen LogP contribution in [0.15, 0.2) is 36.7 Å². The second-order valence-corrected chi connectivity index (χ2v) is 7.94. The van der Waals surface area contributed by atoms with E-state index in [-0.39, 0.29) is 0 Å². The number of nitrogens with zero attached hydrogens (tertiary/aromatic N) is 3. The Morgan fingerprint density at radius 3 is 2.65 bits per heavy atom. The Morgan fingerprint density at radius 2 is 1.96 bits per heavy atom. The molecule has 1 aromatic heterocycles. The summed E-state index contributed by atoms with van der Waals surface area (Å²) in [4.78, 5) is 19.5. The minimum atomic E-state index is 0.370. The Balaban J connectivity index is 1.35. The lowest BCUT2D eigenvalue weighted by Crippen LogP contribution is -2.44. The highest BCUT2D eigenvalue weighted by atomic mass is 16.2. The Kier molecular flexibility index (Phi) is 5.09.